The van der Waals surface area contributed by atoms with Crippen molar-refractivity contribution in [1.82, 2.24) is 14.9 Å². The second kappa shape index (κ2) is 11.5. The summed E-state index contributed by atoms with van der Waals surface area (Å²) in [5, 5.41) is 21.8. The Bertz CT molecular complexity index is 1170. The third-order valence-electron chi connectivity index (χ3n) is 7.99. The molecule has 1 aromatic heterocycles. The molecular weight excluding hydrogens is 509 g/mol. The minimum Gasteiger partial charge on any atom is -0.381 e. The molecule has 0 spiro atoms. The van der Waals surface area contributed by atoms with Crippen LogP contribution in [0.2, 0.25) is 10.0 Å². The van der Waals surface area contributed by atoms with Gasteiger partial charge in [0.2, 0.25) is 0 Å². The summed E-state index contributed by atoms with van der Waals surface area (Å²) in [7, 11) is 0. The monoisotopic (exact) mass is 541 g/mol. The Kier molecular flexibility index (Phi) is 8.15. The van der Waals surface area contributed by atoms with Crippen LogP contribution in [0.1, 0.15) is 49.9 Å². The van der Waals surface area contributed by atoms with Gasteiger partial charge in [-0.1, -0.05) is 29.3 Å². The van der Waals surface area contributed by atoms with Crippen LogP contribution in [-0.2, 0) is 4.74 Å². The van der Waals surface area contributed by atoms with Crippen LogP contribution in [0, 0.1) is 28.6 Å². The highest BCUT2D eigenvalue weighted by Gasteiger charge is 2.38. The fourth-order valence-corrected chi connectivity index (χ4v) is 6.38. The van der Waals surface area contributed by atoms with Gasteiger partial charge in [0.15, 0.2) is 11.5 Å². The molecule has 0 bridgehead atoms. The maximum absolute atomic E-state index is 9.34. The van der Waals surface area contributed by atoms with Crippen molar-refractivity contribution in [2.75, 3.05) is 49.6 Å². The van der Waals surface area contributed by atoms with Gasteiger partial charge in [-0.05, 0) is 68.7 Å². The van der Waals surface area contributed by atoms with Crippen molar-refractivity contribution in [2.45, 2.75) is 44.7 Å². The molecule has 10 heteroatoms. The Labute approximate surface area is 228 Å². The molecular formula is C27H33Cl2N7O. The summed E-state index contributed by atoms with van der Waals surface area (Å²) in [6, 6.07) is 7.69. The van der Waals surface area contributed by atoms with Crippen molar-refractivity contribution in [3.05, 3.63) is 45.7 Å². The number of aromatic nitrogens is 2. The van der Waals surface area contributed by atoms with Gasteiger partial charge in [-0.3, -0.25) is 10.3 Å². The summed E-state index contributed by atoms with van der Waals surface area (Å²) in [6.07, 6.45) is 6.53. The largest absolute Gasteiger partial charge is 0.381 e. The zero-order valence-electron chi connectivity index (χ0n) is 21.1. The average Bonchev–Trinajstić information content (AvgIpc) is 2.88. The van der Waals surface area contributed by atoms with E-state index in [0.717, 1.165) is 50.5 Å². The van der Waals surface area contributed by atoms with Crippen molar-refractivity contribution >= 4 is 40.5 Å². The quantitative estimate of drug-likeness (QED) is 0.466. The highest BCUT2D eigenvalue weighted by molar-refractivity contribution is 6.35. The number of hydrogen-bond acceptors (Lipinski definition) is 8. The van der Waals surface area contributed by atoms with Crippen LogP contribution < -0.4 is 10.2 Å². The summed E-state index contributed by atoms with van der Waals surface area (Å²) in [4.78, 5) is 14.2. The zero-order chi connectivity index (χ0) is 25.9. The van der Waals surface area contributed by atoms with E-state index in [0.29, 0.717) is 33.7 Å². The van der Waals surface area contributed by atoms with E-state index in [9.17, 15) is 5.26 Å². The predicted octanol–water partition coefficient (Wildman–Crippen LogP) is 5.18. The number of piperidine rings is 1. The third kappa shape index (κ3) is 5.85. The molecule has 2 unspecified atom stereocenters. The highest BCUT2D eigenvalue weighted by Crippen LogP contribution is 2.35. The first-order chi connectivity index (χ1) is 17.9. The van der Waals surface area contributed by atoms with E-state index in [-0.39, 0.29) is 17.4 Å². The summed E-state index contributed by atoms with van der Waals surface area (Å²) in [5.41, 5.74) is 0.857. The minimum atomic E-state index is -0.229. The molecule has 2 N–H and O–H groups in total. The SMILES string of the molecule is CC(Nc1nc(N2CC(C3CCCN(C4CCOCC4)C3)C2)cnc1C(=N)C#N)c1ccc(Cl)cc1Cl. The van der Waals surface area contributed by atoms with Gasteiger partial charge in [-0.2, -0.15) is 5.26 Å². The van der Waals surface area contributed by atoms with E-state index < -0.39 is 0 Å². The Balaban J connectivity index is 1.26. The number of likely N-dealkylation sites (tertiary alicyclic amines) is 1. The van der Waals surface area contributed by atoms with E-state index in [2.05, 4.69) is 20.1 Å². The lowest BCUT2D eigenvalue weighted by Crippen LogP contribution is -2.55. The van der Waals surface area contributed by atoms with Crippen molar-refractivity contribution in [3.8, 4) is 6.07 Å². The molecule has 3 fully saturated rings. The molecule has 3 aliphatic rings. The van der Waals surface area contributed by atoms with Gasteiger partial charge in [0.05, 0.1) is 12.2 Å². The molecule has 8 nitrogen and oxygen atoms in total. The van der Waals surface area contributed by atoms with Crippen molar-refractivity contribution in [1.29, 1.82) is 10.7 Å². The molecule has 196 valence electrons. The molecule has 3 aliphatic heterocycles. The number of hydrogen-bond donors (Lipinski definition) is 2. The van der Waals surface area contributed by atoms with Gasteiger partial charge in [0.1, 0.15) is 17.6 Å². The van der Waals surface area contributed by atoms with Crippen LogP contribution >= 0.6 is 23.2 Å². The van der Waals surface area contributed by atoms with Crippen LogP contribution in [0.25, 0.3) is 0 Å². The second-order valence-corrected chi connectivity index (χ2v) is 11.2. The third-order valence-corrected chi connectivity index (χ3v) is 8.55. The van der Waals surface area contributed by atoms with Crippen LogP contribution in [0.3, 0.4) is 0 Å². The van der Waals surface area contributed by atoms with E-state index in [4.69, 9.17) is 38.3 Å². The molecule has 4 heterocycles. The molecule has 5 rings (SSSR count). The lowest BCUT2D eigenvalue weighted by atomic mass is 9.80. The molecule has 0 amide bonds. The summed E-state index contributed by atoms with van der Waals surface area (Å²) >= 11 is 12.5. The fraction of sp³-hybridized carbons (Fsp3) is 0.556. The van der Waals surface area contributed by atoms with Crippen molar-refractivity contribution in [2.24, 2.45) is 11.8 Å². The van der Waals surface area contributed by atoms with Crippen molar-refractivity contribution < 1.29 is 4.74 Å². The van der Waals surface area contributed by atoms with E-state index in [1.165, 1.54) is 25.9 Å². The van der Waals surface area contributed by atoms with E-state index >= 15 is 0 Å². The maximum atomic E-state index is 9.34. The van der Waals surface area contributed by atoms with E-state index in [1.54, 1.807) is 18.3 Å². The van der Waals surface area contributed by atoms with Crippen molar-refractivity contribution in [3.63, 3.8) is 0 Å². The summed E-state index contributed by atoms with van der Waals surface area (Å²) < 4.78 is 5.57. The molecule has 1 aromatic carbocycles. The normalized spacial score (nSPS) is 22.2. The summed E-state index contributed by atoms with van der Waals surface area (Å²) in [5.74, 6) is 2.52. The van der Waals surface area contributed by atoms with Crippen LogP contribution in [0.15, 0.2) is 24.4 Å². The van der Waals surface area contributed by atoms with Gasteiger partial charge in [-0.25, -0.2) is 9.97 Å². The molecule has 37 heavy (non-hydrogen) atoms. The maximum Gasteiger partial charge on any atom is 0.161 e. The van der Waals surface area contributed by atoms with Crippen LogP contribution in [0.5, 0.6) is 0 Å². The lowest BCUT2D eigenvalue weighted by molar-refractivity contribution is 0.00872. The predicted molar refractivity (Wildman–Crippen MR) is 147 cm³/mol. The van der Waals surface area contributed by atoms with Gasteiger partial charge in [-0.15, -0.1) is 0 Å². The van der Waals surface area contributed by atoms with Gasteiger partial charge >= 0.3 is 0 Å². The molecule has 2 atom stereocenters. The smallest absolute Gasteiger partial charge is 0.161 e. The number of benzene rings is 1. The Hall–Kier alpha value is -2.44. The average molecular weight is 543 g/mol. The second-order valence-electron chi connectivity index (χ2n) is 10.3. The fourth-order valence-electron chi connectivity index (χ4n) is 5.81. The number of halogens is 2. The minimum absolute atomic E-state index is 0.220. The number of nitrogens with zero attached hydrogens (tertiary/aromatic N) is 5. The molecule has 0 aliphatic carbocycles. The van der Waals surface area contributed by atoms with E-state index in [1.807, 2.05) is 19.1 Å². The van der Waals surface area contributed by atoms with Gasteiger partial charge < -0.3 is 15.0 Å². The Morgan fingerprint density at radius 2 is 1.97 bits per heavy atom. The highest BCUT2D eigenvalue weighted by atomic mass is 35.5. The molecule has 3 saturated heterocycles. The first kappa shape index (κ1) is 26.2. The number of rotatable bonds is 7. The number of nitriles is 1. The van der Waals surface area contributed by atoms with Gasteiger partial charge in [0, 0.05) is 48.9 Å². The Morgan fingerprint density at radius 1 is 1.19 bits per heavy atom. The first-order valence-electron chi connectivity index (χ1n) is 13.1. The number of nitrogens with one attached hydrogen (secondary N) is 2. The first-order valence-corrected chi connectivity index (χ1v) is 13.8. The lowest BCUT2D eigenvalue weighted by Gasteiger charge is -2.48. The zero-order valence-corrected chi connectivity index (χ0v) is 22.6. The molecule has 0 saturated carbocycles. The molecule has 2 aromatic rings. The number of ether oxygens (including phenoxy) is 1. The van der Waals surface area contributed by atoms with Crippen LogP contribution in [-0.4, -0.2) is 66.0 Å². The summed E-state index contributed by atoms with van der Waals surface area (Å²) in [6.45, 7) is 8.03. The molecule has 0 radical (unpaired) electrons. The van der Waals surface area contributed by atoms with Gasteiger partial charge in [0.25, 0.3) is 0 Å². The standard InChI is InChI=1S/C27H33Cl2N7O/c1-17(22-5-4-20(28)11-23(22)29)33-27-26(24(31)12-30)32-13-25(34-27)36-15-19(16-36)18-3-2-8-35(14-18)21-6-9-37-10-7-21/h4-5,11,13,17-19,21,31H,2-3,6-10,14-16H2,1H3,(H,33,34). The van der Waals surface area contributed by atoms with Crippen LogP contribution in [0.4, 0.5) is 11.6 Å². The topological polar surface area (TPSA) is 101 Å². The number of anilines is 2. The Morgan fingerprint density at radius 3 is 2.70 bits per heavy atom.